The molecule has 0 amide bonds. The smallest absolute Gasteiger partial charge is 0.332 e. The Balaban J connectivity index is 2.15. The molecule has 9 heteroatoms. The number of fused-ring (bicyclic) bond motifs is 1. The SMILES string of the molecule is CC(Sc1nc2c(c(=O)n(C)c(=O)n2C)n1CCc1ccccc1)C(=O)O. The summed E-state index contributed by atoms with van der Waals surface area (Å²) in [5.41, 5.74) is 0.738. The van der Waals surface area contributed by atoms with Crippen molar-refractivity contribution in [1.82, 2.24) is 18.7 Å². The summed E-state index contributed by atoms with van der Waals surface area (Å²) in [5, 5.41) is 8.91. The Labute approximate surface area is 159 Å². The number of benzene rings is 1. The summed E-state index contributed by atoms with van der Waals surface area (Å²) in [6, 6.07) is 9.77. The zero-order valence-electron chi connectivity index (χ0n) is 15.2. The van der Waals surface area contributed by atoms with Crippen molar-refractivity contribution in [1.29, 1.82) is 0 Å². The van der Waals surface area contributed by atoms with Gasteiger partial charge in [0.1, 0.15) is 5.25 Å². The molecule has 0 aliphatic carbocycles. The third-order valence-corrected chi connectivity index (χ3v) is 5.49. The second-order valence-corrected chi connectivity index (χ2v) is 7.57. The number of nitrogens with zero attached hydrogens (tertiary/aromatic N) is 4. The molecule has 0 saturated carbocycles. The number of aliphatic carboxylic acids is 1. The van der Waals surface area contributed by atoms with E-state index in [4.69, 9.17) is 0 Å². The van der Waals surface area contributed by atoms with E-state index in [-0.39, 0.29) is 5.65 Å². The number of hydrogen-bond donors (Lipinski definition) is 1. The van der Waals surface area contributed by atoms with Crippen molar-refractivity contribution in [2.24, 2.45) is 14.1 Å². The van der Waals surface area contributed by atoms with E-state index < -0.39 is 22.5 Å². The highest BCUT2D eigenvalue weighted by atomic mass is 32.2. The second kappa shape index (κ2) is 7.43. The first-order valence-electron chi connectivity index (χ1n) is 8.41. The van der Waals surface area contributed by atoms with Crippen LogP contribution in [-0.2, 0) is 31.9 Å². The molecule has 2 aromatic heterocycles. The topological polar surface area (TPSA) is 99.1 Å². The second-order valence-electron chi connectivity index (χ2n) is 6.26. The summed E-state index contributed by atoms with van der Waals surface area (Å²) in [6.45, 7) is 2.01. The Hall–Kier alpha value is -2.81. The maximum Gasteiger partial charge on any atom is 0.332 e. The molecule has 2 heterocycles. The molecular formula is C18H20N4O4S. The van der Waals surface area contributed by atoms with Crippen molar-refractivity contribution >= 4 is 28.9 Å². The van der Waals surface area contributed by atoms with Gasteiger partial charge in [-0.15, -0.1) is 0 Å². The minimum absolute atomic E-state index is 0.260. The average molecular weight is 388 g/mol. The van der Waals surface area contributed by atoms with Crippen LogP contribution >= 0.6 is 11.8 Å². The lowest BCUT2D eigenvalue weighted by Crippen LogP contribution is -2.37. The number of rotatable bonds is 6. The molecule has 0 aliphatic rings. The quantitative estimate of drug-likeness (QED) is 0.638. The van der Waals surface area contributed by atoms with E-state index in [9.17, 15) is 19.5 Å². The van der Waals surface area contributed by atoms with Crippen molar-refractivity contribution in [2.75, 3.05) is 0 Å². The molecule has 0 aliphatic heterocycles. The molecule has 0 spiro atoms. The van der Waals surface area contributed by atoms with Gasteiger partial charge in [-0.2, -0.15) is 0 Å². The molecule has 0 saturated heterocycles. The standard InChI is InChI=1S/C18H20N4O4S/c1-11(16(24)25)27-17-19-14-13(15(23)21(3)18(26)20(14)2)22(17)10-9-12-7-5-4-6-8-12/h4-8,11H,9-10H2,1-3H3,(H,24,25). The summed E-state index contributed by atoms with van der Waals surface area (Å²) in [4.78, 5) is 40.6. The Morgan fingerprint density at radius 2 is 1.85 bits per heavy atom. The average Bonchev–Trinajstić information content (AvgIpc) is 3.02. The van der Waals surface area contributed by atoms with Crippen LogP contribution in [-0.4, -0.2) is 35.0 Å². The van der Waals surface area contributed by atoms with E-state index >= 15 is 0 Å². The zero-order chi connectivity index (χ0) is 19.7. The van der Waals surface area contributed by atoms with Crippen LogP contribution in [0, 0.1) is 0 Å². The summed E-state index contributed by atoms with van der Waals surface area (Å²) in [6.07, 6.45) is 0.646. The largest absolute Gasteiger partial charge is 0.480 e. The summed E-state index contributed by atoms with van der Waals surface area (Å²) >= 11 is 1.06. The summed E-state index contributed by atoms with van der Waals surface area (Å²) < 4.78 is 4.07. The van der Waals surface area contributed by atoms with Crippen LogP contribution < -0.4 is 11.2 Å². The zero-order valence-corrected chi connectivity index (χ0v) is 16.1. The molecule has 3 rings (SSSR count). The van der Waals surface area contributed by atoms with Crippen molar-refractivity contribution in [3.8, 4) is 0 Å². The van der Waals surface area contributed by atoms with Gasteiger partial charge >= 0.3 is 11.7 Å². The first kappa shape index (κ1) is 19.0. The van der Waals surface area contributed by atoms with Crippen molar-refractivity contribution < 1.29 is 9.90 Å². The van der Waals surface area contributed by atoms with Gasteiger partial charge in [-0.1, -0.05) is 42.1 Å². The van der Waals surface area contributed by atoms with Crippen molar-refractivity contribution in [3.05, 3.63) is 56.7 Å². The van der Waals surface area contributed by atoms with E-state index in [1.54, 1.807) is 18.5 Å². The van der Waals surface area contributed by atoms with Gasteiger partial charge in [0.15, 0.2) is 16.3 Å². The van der Waals surface area contributed by atoms with Crippen LogP contribution in [0.1, 0.15) is 12.5 Å². The van der Waals surface area contributed by atoms with Gasteiger partial charge in [0.05, 0.1) is 0 Å². The number of aryl methyl sites for hydroxylation is 3. The first-order valence-corrected chi connectivity index (χ1v) is 9.29. The summed E-state index contributed by atoms with van der Waals surface area (Å²) in [7, 11) is 2.97. The van der Waals surface area contributed by atoms with Crippen molar-refractivity contribution in [3.63, 3.8) is 0 Å². The third-order valence-electron chi connectivity index (χ3n) is 4.41. The van der Waals surface area contributed by atoms with Crippen molar-refractivity contribution in [2.45, 2.75) is 30.3 Å². The highest BCUT2D eigenvalue weighted by molar-refractivity contribution is 8.00. The predicted molar refractivity (Wildman–Crippen MR) is 103 cm³/mol. The number of carboxylic acid groups (broad SMARTS) is 1. The molecule has 8 nitrogen and oxygen atoms in total. The van der Waals surface area contributed by atoms with E-state index in [1.165, 1.54) is 11.6 Å². The van der Waals surface area contributed by atoms with Gasteiger partial charge in [-0.3, -0.25) is 18.7 Å². The molecular weight excluding hydrogens is 368 g/mol. The Morgan fingerprint density at radius 1 is 1.19 bits per heavy atom. The van der Waals surface area contributed by atoms with E-state index in [0.29, 0.717) is 23.6 Å². The lowest BCUT2D eigenvalue weighted by molar-refractivity contribution is -0.136. The monoisotopic (exact) mass is 388 g/mol. The first-order chi connectivity index (χ1) is 12.8. The molecule has 1 atom stereocenters. The van der Waals surface area contributed by atoms with Crippen LogP contribution in [0.3, 0.4) is 0 Å². The van der Waals surface area contributed by atoms with Gasteiger partial charge < -0.3 is 9.67 Å². The van der Waals surface area contributed by atoms with Gasteiger partial charge in [0.2, 0.25) is 0 Å². The number of imidazole rings is 1. The minimum atomic E-state index is -0.969. The van der Waals surface area contributed by atoms with Crippen LogP contribution in [0.15, 0.2) is 45.1 Å². The minimum Gasteiger partial charge on any atom is -0.480 e. The van der Waals surface area contributed by atoms with E-state index in [0.717, 1.165) is 21.9 Å². The maximum atomic E-state index is 12.7. The van der Waals surface area contributed by atoms with Crippen LogP contribution in [0.2, 0.25) is 0 Å². The number of hydrogen-bond acceptors (Lipinski definition) is 5. The Morgan fingerprint density at radius 3 is 2.48 bits per heavy atom. The van der Waals surface area contributed by atoms with Gasteiger partial charge in [0, 0.05) is 20.6 Å². The molecule has 1 N–H and O–H groups in total. The molecule has 27 heavy (non-hydrogen) atoms. The normalized spacial score (nSPS) is 12.4. The molecule has 0 bridgehead atoms. The molecule has 0 radical (unpaired) electrons. The highest BCUT2D eigenvalue weighted by Crippen LogP contribution is 2.26. The lowest BCUT2D eigenvalue weighted by Gasteiger charge is -2.11. The highest BCUT2D eigenvalue weighted by Gasteiger charge is 2.22. The molecule has 1 unspecified atom stereocenters. The fourth-order valence-electron chi connectivity index (χ4n) is 2.82. The van der Waals surface area contributed by atoms with E-state index in [2.05, 4.69) is 4.98 Å². The van der Waals surface area contributed by atoms with Crippen LogP contribution in [0.5, 0.6) is 0 Å². The third kappa shape index (κ3) is 3.55. The fraction of sp³-hybridized carbons (Fsp3) is 0.333. The lowest BCUT2D eigenvalue weighted by atomic mass is 10.1. The molecule has 142 valence electrons. The molecule has 1 aromatic carbocycles. The summed E-state index contributed by atoms with van der Waals surface area (Å²) in [5.74, 6) is -0.969. The molecule has 0 fully saturated rings. The molecule has 3 aromatic rings. The van der Waals surface area contributed by atoms with Gasteiger partial charge in [0.25, 0.3) is 5.56 Å². The number of carboxylic acids is 1. The van der Waals surface area contributed by atoms with E-state index in [1.807, 2.05) is 30.3 Å². The van der Waals surface area contributed by atoms with Crippen LogP contribution in [0.25, 0.3) is 11.2 Å². The number of thioether (sulfide) groups is 1. The van der Waals surface area contributed by atoms with Crippen LogP contribution in [0.4, 0.5) is 0 Å². The number of aromatic nitrogens is 4. The predicted octanol–water partition coefficient (Wildman–Crippen LogP) is 1.24. The van der Waals surface area contributed by atoms with Gasteiger partial charge in [-0.25, -0.2) is 9.78 Å². The van der Waals surface area contributed by atoms with Gasteiger partial charge in [-0.05, 0) is 18.9 Å². The Kier molecular flexibility index (Phi) is 5.22. The number of carbonyl (C=O) groups is 1. The maximum absolute atomic E-state index is 12.7. The fourth-order valence-corrected chi connectivity index (χ4v) is 3.68. The Bertz CT molecular complexity index is 1110.